The molecule has 0 unspecified atom stereocenters. The van der Waals surface area contributed by atoms with Gasteiger partial charge in [0, 0.05) is 26.5 Å². The molecule has 1 N–H and O–H groups in total. The third-order valence-electron chi connectivity index (χ3n) is 3.29. The number of nitrogens with one attached hydrogen (secondary N) is 1. The summed E-state index contributed by atoms with van der Waals surface area (Å²) in [6.45, 7) is 2.95. The molecule has 0 aliphatic rings. The highest BCUT2D eigenvalue weighted by Gasteiger charge is 2.04. The minimum atomic E-state index is 0.847. The van der Waals surface area contributed by atoms with Crippen molar-refractivity contribution in [3.05, 3.63) is 75.6 Å². The number of aryl methyl sites for hydroxylation is 1. The monoisotopic (exact) mass is 357 g/mol. The van der Waals surface area contributed by atoms with Gasteiger partial charge in [-0.3, -0.25) is 0 Å². The van der Waals surface area contributed by atoms with Gasteiger partial charge in [0.15, 0.2) is 0 Å². The zero-order valence-corrected chi connectivity index (χ0v) is 14.2. The maximum absolute atomic E-state index is 3.59. The van der Waals surface area contributed by atoms with Crippen LogP contribution in [0, 0.1) is 6.92 Å². The molecule has 0 bridgehead atoms. The summed E-state index contributed by atoms with van der Waals surface area (Å²) < 4.78 is 1.10. The van der Waals surface area contributed by atoms with E-state index in [1.807, 2.05) is 11.3 Å². The van der Waals surface area contributed by atoms with Crippen molar-refractivity contribution in [3.63, 3.8) is 0 Å². The predicted octanol–water partition coefficient (Wildman–Crippen LogP) is 6.10. The van der Waals surface area contributed by atoms with Gasteiger partial charge in [0.05, 0.1) is 0 Å². The van der Waals surface area contributed by atoms with Gasteiger partial charge < -0.3 is 5.32 Å². The van der Waals surface area contributed by atoms with Crippen LogP contribution in [0.4, 0.5) is 5.69 Å². The molecule has 0 radical (unpaired) electrons. The Bertz CT molecular complexity index is 734. The van der Waals surface area contributed by atoms with Crippen LogP contribution in [0.25, 0.3) is 10.4 Å². The molecule has 0 spiro atoms. The molecule has 106 valence electrons. The first kappa shape index (κ1) is 14.4. The highest BCUT2D eigenvalue weighted by atomic mass is 79.9. The van der Waals surface area contributed by atoms with Crippen molar-refractivity contribution in [1.29, 1.82) is 0 Å². The summed E-state index contributed by atoms with van der Waals surface area (Å²) in [6.07, 6.45) is 0. The maximum atomic E-state index is 3.59. The molecule has 1 aromatic heterocycles. The van der Waals surface area contributed by atoms with E-state index in [0.717, 1.165) is 16.7 Å². The molecule has 3 heteroatoms. The van der Waals surface area contributed by atoms with Crippen molar-refractivity contribution >= 4 is 33.0 Å². The van der Waals surface area contributed by atoms with E-state index < -0.39 is 0 Å². The molecular formula is C18H16BrNS. The molecule has 0 atom stereocenters. The first-order valence-electron chi connectivity index (χ1n) is 6.86. The minimum Gasteiger partial charge on any atom is -0.379 e. The molecule has 2 aromatic carbocycles. The third kappa shape index (κ3) is 3.55. The molecule has 0 fully saturated rings. The van der Waals surface area contributed by atoms with E-state index in [-0.39, 0.29) is 0 Å². The average Bonchev–Trinajstić information content (AvgIpc) is 2.98. The lowest BCUT2D eigenvalue weighted by Crippen LogP contribution is -1.98. The van der Waals surface area contributed by atoms with Gasteiger partial charge in [0.1, 0.15) is 0 Å². The van der Waals surface area contributed by atoms with Crippen LogP contribution < -0.4 is 5.32 Å². The van der Waals surface area contributed by atoms with E-state index in [2.05, 4.69) is 88.8 Å². The minimum absolute atomic E-state index is 0.847. The predicted molar refractivity (Wildman–Crippen MR) is 96.0 cm³/mol. The van der Waals surface area contributed by atoms with Crippen LogP contribution >= 0.6 is 27.3 Å². The molecule has 0 saturated carbocycles. The van der Waals surface area contributed by atoms with Crippen LogP contribution in [0.3, 0.4) is 0 Å². The zero-order valence-electron chi connectivity index (χ0n) is 11.8. The highest BCUT2D eigenvalue weighted by molar-refractivity contribution is 9.10. The van der Waals surface area contributed by atoms with Gasteiger partial charge in [-0.2, -0.15) is 0 Å². The largest absolute Gasteiger partial charge is 0.379 e. The van der Waals surface area contributed by atoms with Gasteiger partial charge >= 0.3 is 0 Å². The second-order valence-electron chi connectivity index (χ2n) is 4.97. The topological polar surface area (TPSA) is 12.0 Å². The summed E-state index contributed by atoms with van der Waals surface area (Å²) in [5.41, 5.74) is 3.69. The molecule has 1 nitrogen and oxygen atoms in total. The Hall–Kier alpha value is -1.58. The summed E-state index contributed by atoms with van der Waals surface area (Å²) in [4.78, 5) is 2.65. The van der Waals surface area contributed by atoms with Crippen molar-refractivity contribution in [3.8, 4) is 10.4 Å². The maximum Gasteiger partial charge on any atom is 0.0494 e. The van der Waals surface area contributed by atoms with E-state index in [1.165, 1.54) is 20.9 Å². The smallest absolute Gasteiger partial charge is 0.0494 e. The van der Waals surface area contributed by atoms with E-state index in [0.29, 0.717) is 0 Å². The Morgan fingerprint density at radius 1 is 1.00 bits per heavy atom. The summed E-state index contributed by atoms with van der Waals surface area (Å²) in [6, 6.07) is 21.3. The lowest BCUT2D eigenvalue weighted by atomic mass is 10.2. The zero-order chi connectivity index (χ0) is 14.7. The van der Waals surface area contributed by atoms with Crippen molar-refractivity contribution in [2.45, 2.75) is 13.5 Å². The van der Waals surface area contributed by atoms with Gasteiger partial charge in [-0.05, 0) is 58.2 Å². The Morgan fingerprint density at radius 2 is 1.81 bits per heavy atom. The number of rotatable bonds is 4. The SMILES string of the molecule is Cc1ccc(Br)c(NCc2ccc(-c3ccccc3)s2)c1. The number of benzene rings is 2. The molecule has 0 aliphatic carbocycles. The Morgan fingerprint density at radius 3 is 2.62 bits per heavy atom. The molecule has 0 aliphatic heterocycles. The molecule has 0 amide bonds. The van der Waals surface area contributed by atoms with Crippen LogP contribution in [0.1, 0.15) is 10.4 Å². The van der Waals surface area contributed by atoms with Crippen LogP contribution in [-0.2, 0) is 6.54 Å². The number of thiophene rings is 1. The lowest BCUT2D eigenvalue weighted by Gasteiger charge is -2.08. The lowest BCUT2D eigenvalue weighted by molar-refractivity contribution is 1.18. The standard InChI is InChI=1S/C18H16BrNS/c1-13-7-9-16(19)17(11-13)20-12-15-8-10-18(21-15)14-5-3-2-4-6-14/h2-11,20H,12H2,1H3. The first-order valence-corrected chi connectivity index (χ1v) is 8.47. The summed E-state index contributed by atoms with van der Waals surface area (Å²) in [5, 5.41) is 3.50. The van der Waals surface area contributed by atoms with Crippen LogP contribution in [0.5, 0.6) is 0 Å². The summed E-state index contributed by atoms with van der Waals surface area (Å²) in [7, 11) is 0. The fraction of sp³-hybridized carbons (Fsp3) is 0.111. The van der Waals surface area contributed by atoms with Crippen molar-refractivity contribution in [1.82, 2.24) is 0 Å². The van der Waals surface area contributed by atoms with E-state index in [1.54, 1.807) is 0 Å². The molecule has 3 rings (SSSR count). The van der Waals surface area contributed by atoms with Gasteiger partial charge in [-0.15, -0.1) is 11.3 Å². The summed E-state index contributed by atoms with van der Waals surface area (Å²) >= 11 is 5.42. The number of anilines is 1. The Balaban J connectivity index is 1.72. The quantitative estimate of drug-likeness (QED) is 0.594. The summed E-state index contributed by atoms with van der Waals surface area (Å²) in [5.74, 6) is 0. The molecule has 21 heavy (non-hydrogen) atoms. The third-order valence-corrected chi connectivity index (χ3v) is 5.12. The number of hydrogen-bond donors (Lipinski definition) is 1. The molecular weight excluding hydrogens is 342 g/mol. The van der Waals surface area contributed by atoms with Gasteiger partial charge in [0.25, 0.3) is 0 Å². The van der Waals surface area contributed by atoms with Crippen molar-refractivity contribution in [2.24, 2.45) is 0 Å². The fourth-order valence-corrected chi connectivity index (χ4v) is 3.53. The molecule has 0 saturated heterocycles. The Labute approximate surface area is 137 Å². The number of halogens is 1. The van der Waals surface area contributed by atoms with Crippen molar-refractivity contribution in [2.75, 3.05) is 5.32 Å². The molecule has 3 aromatic rings. The van der Waals surface area contributed by atoms with Crippen LogP contribution in [-0.4, -0.2) is 0 Å². The first-order chi connectivity index (χ1) is 10.2. The van der Waals surface area contributed by atoms with Gasteiger partial charge in [-0.25, -0.2) is 0 Å². The van der Waals surface area contributed by atoms with Gasteiger partial charge in [-0.1, -0.05) is 36.4 Å². The van der Waals surface area contributed by atoms with E-state index in [9.17, 15) is 0 Å². The second kappa shape index (κ2) is 6.46. The van der Waals surface area contributed by atoms with Crippen molar-refractivity contribution < 1.29 is 0 Å². The second-order valence-corrected chi connectivity index (χ2v) is 6.99. The average molecular weight is 358 g/mol. The van der Waals surface area contributed by atoms with Gasteiger partial charge in [0.2, 0.25) is 0 Å². The Kier molecular flexibility index (Phi) is 4.42. The molecule has 1 heterocycles. The normalized spacial score (nSPS) is 10.6. The highest BCUT2D eigenvalue weighted by Crippen LogP contribution is 2.29. The number of hydrogen-bond acceptors (Lipinski definition) is 2. The fourth-order valence-electron chi connectivity index (χ4n) is 2.19. The van der Waals surface area contributed by atoms with E-state index in [4.69, 9.17) is 0 Å². The van der Waals surface area contributed by atoms with Crippen LogP contribution in [0.2, 0.25) is 0 Å². The van der Waals surface area contributed by atoms with E-state index >= 15 is 0 Å². The van der Waals surface area contributed by atoms with Crippen LogP contribution in [0.15, 0.2) is 65.1 Å².